The lowest BCUT2D eigenvalue weighted by atomic mass is 10.1. The van der Waals surface area contributed by atoms with Gasteiger partial charge in [0.2, 0.25) is 0 Å². The Hall–Kier alpha value is -1.20. The number of halogens is 1. The van der Waals surface area contributed by atoms with E-state index >= 15 is 0 Å². The molecule has 0 spiro atoms. The second-order valence-electron chi connectivity index (χ2n) is 4.47. The van der Waals surface area contributed by atoms with E-state index in [1.807, 2.05) is 18.2 Å². The van der Waals surface area contributed by atoms with Crippen LogP contribution < -0.4 is 5.32 Å². The summed E-state index contributed by atoms with van der Waals surface area (Å²) in [5.41, 5.74) is 0.942. The first-order chi connectivity index (χ1) is 8.84. The summed E-state index contributed by atoms with van der Waals surface area (Å²) in [5, 5.41) is 4.45. The third-order valence-corrected chi connectivity index (χ3v) is 3.84. The number of fused-ring (bicyclic) bond motifs is 1. The summed E-state index contributed by atoms with van der Waals surface area (Å²) in [4.78, 5) is 8.62. The van der Waals surface area contributed by atoms with Gasteiger partial charge >= 0.3 is 0 Å². The Labute approximate surface area is 114 Å². The van der Waals surface area contributed by atoms with Gasteiger partial charge in [-0.25, -0.2) is 9.97 Å². The van der Waals surface area contributed by atoms with Crippen molar-refractivity contribution in [3.05, 3.63) is 29.0 Å². The van der Waals surface area contributed by atoms with Crippen molar-refractivity contribution < 1.29 is 4.74 Å². The average molecular weight is 308 g/mol. The Morgan fingerprint density at radius 1 is 1.39 bits per heavy atom. The standard InChI is InChI=1S/C13H14BrN3O/c14-11-3-1-2-10-12(11)16-8-17-13(10)15-6-9-4-5-18-7-9/h1-3,8-9H,4-7H2,(H,15,16,17)/t9-/m1/s1. The second-order valence-corrected chi connectivity index (χ2v) is 5.32. The molecule has 5 heteroatoms. The summed E-state index contributed by atoms with van der Waals surface area (Å²) in [6.07, 6.45) is 2.72. The molecule has 94 valence electrons. The first-order valence-electron chi connectivity index (χ1n) is 6.05. The molecule has 1 aliphatic heterocycles. The molecule has 18 heavy (non-hydrogen) atoms. The molecule has 1 aromatic carbocycles. The Kier molecular flexibility index (Phi) is 3.43. The van der Waals surface area contributed by atoms with Gasteiger partial charge in [-0.15, -0.1) is 0 Å². The topological polar surface area (TPSA) is 47.0 Å². The maximum absolute atomic E-state index is 5.37. The lowest BCUT2D eigenvalue weighted by Crippen LogP contribution is -2.15. The molecule has 0 radical (unpaired) electrons. The van der Waals surface area contributed by atoms with Gasteiger partial charge in [0.05, 0.1) is 12.1 Å². The number of hydrogen-bond donors (Lipinski definition) is 1. The van der Waals surface area contributed by atoms with Gasteiger partial charge in [-0.3, -0.25) is 0 Å². The lowest BCUT2D eigenvalue weighted by molar-refractivity contribution is 0.187. The highest BCUT2D eigenvalue weighted by Crippen LogP contribution is 2.26. The molecule has 4 nitrogen and oxygen atoms in total. The summed E-state index contributed by atoms with van der Waals surface area (Å²) in [7, 11) is 0. The molecule has 0 saturated carbocycles. The van der Waals surface area contributed by atoms with Crippen LogP contribution in [-0.2, 0) is 4.74 Å². The Balaban J connectivity index is 1.85. The van der Waals surface area contributed by atoms with E-state index in [-0.39, 0.29) is 0 Å². The van der Waals surface area contributed by atoms with Crippen LogP contribution in [0.5, 0.6) is 0 Å². The molecule has 1 aromatic heterocycles. The maximum atomic E-state index is 5.37. The summed E-state index contributed by atoms with van der Waals surface area (Å²) in [5.74, 6) is 1.48. The van der Waals surface area contributed by atoms with Crippen LogP contribution in [0.15, 0.2) is 29.0 Å². The predicted molar refractivity (Wildman–Crippen MR) is 74.7 cm³/mol. The largest absolute Gasteiger partial charge is 0.381 e. The smallest absolute Gasteiger partial charge is 0.137 e. The average Bonchev–Trinajstić information content (AvgIpc) is 2.90. The van der Waals surface area contributed by atoms with E-state index in [0.717, 1.165) is 47.4 Å². The highest BCUT2D eigenvalue weighted by Gasteiger charge is 2.16. The van der Waals surface area contributed by atoms with Crippen molar-refractivity contribution in [2.75, 3.05) is 25.1 Å². The number of ether oxygens (including phenoxy) is 1. The number of para-hydroxylation sites is 1. The van der Waals surface area contributed by atoms with Crippen molar-refractivity contribution in [2.45, 2.75) is 6.42 Å². The first-order valence-corrected chi connectivity index (χ1v) is 6.85. The van der Waals surface area contributed by atoms with Crippen molar-refractivity contribution in [3.63, 3.8) is 0 Å². The highest BCUT2D eigenvalue weighted by molar-refractivity contribution is 9.10. The Morgan fingerprint density at radius 3 is 3.17 bits per heavy atom. The minimum Gasteiger partial charge on any atom is -0.381 e. The van der Waals surface area contributed by atoms with Crippen molar-refractivity contribution >= 4 is 32.7 Å². The van der Waals surface area contributed by atoms with Crippen LogP contribution in [0.1, 0.15) is 6.42 Å². The number of nitrogens with one attached hydrogen (secondary N) is 1. The van der Waals surface area contributed by atoms with E-state index in [1.54, 1.807) is 6.33 Å². The number of nitrogens with zero attached hydrogens (tertiary/aromatic N) is 2. The SMILES string of the molecule is Brc1cccc2c(NC[C@H]3CCOC3)ncnc12. The van der Waals surface area contributed by atoms with Crippen LogP contribution in [0.25, 0.3) is 10.9 Å². The quantitative estimate of drug-likeness (QED) is 0.947. The molecule has 0 aliphatic carbocycles. The van der Waals surface area contributed by atoms with E-state index in [0.29, 0.717) is 5.92 Å². The molecule has 1 fully saturated rings. The molecule has 2 aromatic rings. The first kappa shape index (κ1) is 11.9. The van der Waals surface area contributed by atoms with Crippen LogP contribution in [0, 0.1) is 5.92 Å². The molecule has 2 heterocycles. The summed E-state index contributed by atoms with van der Waals surface area (Å²) in [6.45, 7) is 2.63. The zero-order valence-corrected chi connectivity index (χ0v) is 11.5. The zero-order chi connectivity index (χ0) is 12.4. The van der Waals surface area contributed by atoms with E-state index in [9.17, 15) is 0 Å². The molecular weight excluding hydrogens is 294 g/mol. The minimum absolute atomic E-state index is 0.585. The van der Waals surface area contributed by atoms with Crippen molar-refractivity contribution in [1.82, 2.24) is 9.97 Å². The molecule has 0 bridgehead atoms. The number of hydrogen-bond acceptors (Lipinski definition) is 4. The number of rotatable bonds is 3. The Bertz CT molecular complexity index is 555. The highest BCUT2D eigenvalue weighted by atomic mass is 79.9. The van der Waals surface area contributed by atoms with Gasteiger partial charge in [0.1, 0.15) is 12.1 Å². The molecule has 1 atom stereocenters. The van der Waals surface area contributed by atoms with Crippen LogP contribution in [0.2, 0.25) is 0 Å². The second kappa shape index (κ2) is 5.20. The van der Waals surface area contributed by atoms with Gasteiger partial charge in [0, 0.05) is 28.9 Å². The number of aromatic nitrogens is 2. The van der Waals surface area contributed by atoms with Gasteiger partial charge in [0.25, 0.3) is 0 Å². The van der Waals surface area contributed by atoms with Gasteiger partial charge in [-0.05, 0) is 34.5 Å². The molecule has 1 saturated heterocycles. The molecule has 1 aliphatic rings. The minimum atomic E-state index is 0.585. The van der Waals surface area contributed by atoms with E-state index in [1.165, 1.54) is 0 Å². The fraction of sp³-hybridized carbons (Fsp3) is 0.385. The molecule has 1 N–H and O–H groups in total. The lowest BCUT2D eigenvalue weighted by Gasteiger charge is -2.11. The van der Waals surface area contributed by atoms with E-state index in [4.69, 9.17) is 4.74 Å². The van der Waals surface area contributed by atoms with Crippen molar-refractivity contribution in [3.8, 4) is 0 Å². The monoisotopic (exact) mass is 307 g/mol. The fourth-order valence-electron chi connectivity index (χ4n) is 2.18. The molecular formula is C13H14BrN3O. The van der Waals surface area contributed by atoms with Gasteiger partial charge in [0.15, 0.2) is 0 Å². The van der Waals surface area contributed by atoms with Crippen LogP contribution in [0.4, 0.5) is 5.82 Å². The third kappa shape index (κ3) is 2.33. The summed E-state index contributed by atoms with van der Waals surface area (Å²) >= 11 is 3.51. The molecule has 0 amide bonds. The zero-order valence-electron chi connectivity index (χ0n) is 9.90. The normalized spacial score (nSPS) is 19.3. The fourth-order valence-corrected chi connectivity index (χ4v) is 2.65. The molecule has 0 unspecified atom stereocenters. The van der Waals surface area contributed by atoms with E-state index < -0.39 is 0 Å². The number of anilines is 1. The van der Waals surface area contributed by atoms with Crippen LogP contribution in [-0.4, -0.2) is 29.7 Å². The van der Waals surface area contributed by atoms with Crippen LogP contribution in [0.3, 0.4) is 0 Å². The van der Waals surface area contributed by atoms with Crippen molar-refractivity contribution in [1.29, 1.82) is 0 Å². The van der Waals surface area contributed by atoms with Crippen LogP contribution >= 0.6 is 15.9 Å². The Morgan fingerprint density at radius 2 is 2.33 bits per heavy atom. The summed E-state index contributed by atoms with van der Waals surface area (Å²) < 4.78 is 6.37. The number of benzene rings is 1. The van der Waals surface area contributed by atoms with E-state index in [2.05, 4.69) is 31.2 Å². The third-order valence-electron chi connectivity index (χ3n) is 3.20. The predicted octanol–water partition coefficient (Wildman–Crippen LogP) is 2.84. The van der Waals surface area contributed by atoms with Crippen molar-refractivity contribution in [2.24, 2.45) is 5.92 Å². The van der Waals surface area contributed by atoms with Gasteiger partial charge in [-0.1, -0.05) is 6.07 Å². The maximum Gasteiger partial charge on any atom is 0.137 e. The molecule has 3 rings (SSSR count). The van der Waals surface area contributed by atoms with Gasteiger partial charge in [-0.2, -0.15) is 0 Å². The van der Waals surface area contributed by atoms with Gasteiger partial charge < -0.3 is 10.1 Å². The summed E-state index contributed by atoms with van der Waals surface area (Å²) in [6, 6.07) is 6.02.